The molecule has 4 heterocycles. The van der Waals surface area contributed by atoms with Gasteiger partial charge in [0, 0.05) is 23.8 Å². The largest absolute Gasteiger partial charge is 0.858 e. The van der Waals surface area contributed by atoms with Gasteiger partial charge in [-0.2, -0.15) is 9.67 Å². The molecule has 0 spiro atoms. The number of rotatable bonds is 6. The van der Waals surface area contributed by atoms with E-state index in [-0.39, 0.29) is 34.5 Å². The maximum absolute atomic E-state index is 13.8. The van der Waals surface area contributed by atoms with Crippen LogP contribution in [0.15, 0.2) is 42.7 Å². The number of aromatic nitrogens is 3. The van der Waals surface area contributed by atoms with E-state index in [2.05, 4.69) is 5.10 Å². The van der Waals surface area contributed by atoms with Gasteiger partial charge in [-0.3, -0.25) is 14.5 Å². The number of carbonyl (C=O) groups excluding carboxylic acids is 2. The first-order chi connectivity index (χ1) is 17.3. The third kappa shape index (κ3) is 4.19. The van der Waals surface area contributed by atoms with Crippen molar-refractivity contribution in [2.24, 2.45) is 0 Å². The van der Waals surface area contributed by atoms with Gasteiger partial charge in [0.25, 0.3) is 11.6 Å². The number of pyridine rings is 1. The molecule has 2 amide bonds. The number of halogens is 2. The van der Waals surface area contributed by atoms with Gasteiger partial charge in [-0.25, -0.2) is 4.68 Å². The molecule has 1 atom stereocenters. The first kappa shape index (κ1) is 24.5. The van der Waals surface area contributed by atoms with E-state index in [1.54, 1.807) is 35.2 Å². The number of carbonyl (C=O) groups is 2. The molecular formula is C26H24Cl2N4O4. The van der Waals surface area contributed by atoms with Crippen LogP contribution in [0.4, 0.5) is 0 Å². The molecule has 2 aromatic heterocycles. The summed E-state index contributed by atoms with van der Waals surface area (Å²) in [5.41, 5.74) is 2.00. The van der Waals surface area contributed by atoms with Crippen molar-refractivity contribution >= 4 is 46.3 Å². The summed E-state index contributed by atoms with van der Waals surface area (Å²) < 4.78 is 8.49. The molecule has 0 saturated carbocycles. The number of hydrogen-bond acceptors (Lipinski definition) is 5. The molecule has 2 aliphatic heterocycles. The van der Waals surface area contributed by atoms with E-state index < -0.39 is 17.7 Å². The fourth-order valence-corrected chi connectivity index (χ4v) is 4.95. The fraction of sp³-hybridized carbons (Fsp3) is 0.308. The standard InChI is InChI=1S/C26H24Cl2N4O4/c1-3-20-21(25(34)32(29-20)16-8-9-18(27)19(28)12-16)22-23(30-10-4-6-15(2)13-30)26(35)31(24(22)33)14-17-7-5-11-36-17/h4,6,8-10,12-13,17H,3,5,7,11,14H2,1-2H3. The summed E-state index contributed by atoms with van der Waals surface area (Å²) in [5.74, 6) is -1.50. The molecule has 2 aliphatic rings. The van der Waals surface area contributed by atoms with Crippen molar-refractivity contribution in [1.82, 2.24) is 14.7 Å². The molecular weight excluding hydrogens is 503 g/mol. The van der Waals surface area contributed by atoms with Crippen LogP contribution in [-0.2, 0) is 20.7 Å². The van der Waals surface area contributed by atoms with Crippen molar-refractivity contribution in [2.75, 3.05) is 13.2 Å². The second kappa shape index (κ2) is 9.69. The highest BCUT2D eigenvalue weighted by molar-refractivity contribution is 6.45. The van der Waals surface area contributed by atoms with Gasteiger partial charge < -0.3 is 9.84 Å². The van der Waals surface area contributed by atoms with E-state index in [1.807, 2.05) is 19.9 Å². The topological polar surface area (TPSA) is 91.4 Å². The molecule has 1 aromatic carbocycles. The maximum Gasteiger partial charge on any atom is 0.327 e. The lowest BCUT2D eigenvalue weighted by molar-refractivity contribution is -0.577. The lowest BCUT2D eigenvalue weighted by atomic mass is 10.0. The first-order valence-corrected chi connectivity index (χ1v) is 12.5. The molecule has 1 unspecified atom stereocenters. The zero-order valence-corrected chi connectivity index (χ0v) is 21.3. The number of hydrogen-bond donors (Lipinski definition) is 0. The number of nitrogens with zero attached hydrogens (tertiary/aromatic N) is 4. The van der Waals surface area contributed by atoms with Gasteiger partial charge in [-0.15, -0.1) is 0 Å². The number of benzene rings is 1. The average molecular weight is 527 g/mol. The van der Waals surface area contributed by atoms with Gasteiger partial charge in [0.15, 0.2) is 12.4 Å². The van der Waals surface area contributed by atoms with E-state index in [1.165, 1.54) is 15.6 Å². The molecule has 36 heavy (non-hydrogen) atoms. The van der Waals surface area contributed by atoms with Crippen molar-refractivity contribution in [2.45, 2.75) is 39.2 Å². The molecule has 0 aliphatic carbocycles. The summed E-state index contributed by atoms with van der Waals surface area (Å²) >= 11 is 12.2. The summed E-state index contributed by atoms with van der Waals surface area (Å²) in [6, 6.07) is 8.42. The molecule has 5 rings (SSSR count). The Kier molecular flexibility index (Phi) is 6.59. The third-order valence-electron chi connectivity index (χ3n) is 6.41. The normalized spacial score (nSPS) is 18.1. The van der Waals surface area contributed by atoms with Crippen LogP contribution >= 0.6 is 23.2 Å². The molecule has 1 fully saturated rings. The summed E-state index contributed by atoms with van der Waals surface area (Å²) in [6.07, 6.45) is 5.25. The van der Waals surface area contributed by atoms with Crippen LogP contribution < -0.4 is 9.67 Å². The van der Waals surface area contributed by atoms with Crippen LogP contribution in [0.1, 0.15) is 36.6 Å². The highest BCUT2D eigenvalue weighted by Crippen LogP contribution is 2.38. The van der Waals surface area contributed by atoms with Gasteiger partial charge in [0.2, 0.25) is 0 Å². The highest BCUT2D eigenvalue weighted by atomic mass is 35.5. The van der Waals surface area contributed by atoms with Gasteiger partial charge in [0.1, 0.15) is 5.57 Å². The summed E-state index contributed by atoms with van der Waals surface area (Å²) in [5, 5.41) is 18.9. The van der Waals surface area contributed by atoms with Crippen LogP contribution in [0.3, 0.4) is 0 Å². The highest BCUT2D eigenvalue weighted by Gasteiger charge is 2.47. The average Bonchev–Trinajstić information content (AvgIpc) is 3.54. The van der Waals surface area contributed by atoms with E-state index in [0.29, 0.717) is 29.4 Å². The zero-order chi connectivity index (χ0) is 25.6. The predicted molar refractivity (Wildman–Crippen MR) is 133 cm³/mol. The monoisotopic (exact) mass is 526 g/mol. The quantitative estimate of drug-likeness (QED) is 0.363. The maximum atomic E-state index is 13.8. The Morgan fingerprint density at radius 3 is 2.67 bits per heavy atom. The zero-order valence-electron chi connectivity index (χ0n) is 19.8. The Morgan fingerprint density at radius 2 is 2.00 bits per heavy atom. The van der Waals surface area contributed by atoms with Crippen LogP contribution in [0.2, 0.25) is 10.0 Å². The van der Waals surface area contributed by atoms with E-state index >= 15 is 0 Å². The van der Waals surface area contributed by atoms with Crippen molar-refractivity contribution < 1.29 is 24.0 Å². The van der Waals surface area contributed by atoms with Crippen molar-refractivity contribution in [3.63, 3.8) is 0 Å². The number of amides is 2. The molecule has 8 nitrogen and oxygen atoms in total. The SMILES string of the molecule is CCc1nn(-c2ccc(Cl)c(Cl)c2)c([O-])c1C1=C([n+]2cccc(C)c2)C(=O)N(CC2CCCO2)C1=O. The van der Waals surface area contributed by atoms with Crippen LogP contribution in [0, 0.1) is 6.92 Å². The van der Waals surface area contributed by atoms with Crippen molar-refractivity contribution in [3.05, 3.63) is 69.6 Å². The molecule has 186 valence electrons. The molecule has 3 aromatic rings. The van der Waals surface area contributed by atoms with Crippen LogP contribution in [-0.4, -0.2) is 45.8 Å². The van der Waals surface area contributed by atoms with Gasteiger partial charge in [0.05, 0.1) is 34.1 Å². The molecule has 0 bridgehead atoms. The van der Waals surface area contributed by atoms with Gasteiger partial charge in [-0.05, 0) is 56.3 Å². The van der Waals surface area contributed by atoms with E-state index in [4.69, 9.17) is 27.9 Å². The smallest absolute Gasteiger partial charge is 0.327 e. The minimum absolute atomic E-state index is 0.0433. The minimum atomic E-state index is -0.528. The van der Waals surface area contributed by atoms with E-state index in [0.717, 1.165) is 18.4 Å². The summed E-state index contributed by atoms with van der Waals surface area (Å²) in [7, 11) is 0. The lowest BCUT2D eigenvalue weighted by Gasteiger charge is -2.18. The number of ether oxygens (including phenoxy) is 1. The summed E-state index contributed by atoms with van der Waals surface area (Å²) in [6.45, 7) is 4.46. The Bertz CT molecular complexity index is 1410. The number of aryl methyl sites for hydroxylation is 2. The fourth-order valence-electron chi connectivity index (χ4n) is 4.65. The molecule has 0 N–H and O–H groups in total. The number of imide groups is 1. The second-order valence-electron chi connectivity index (χ2n) is 8.86. The van der Waals surface area contributed by atoms with Crippen LogP contribution in [0.5, 0.6) is 5.88 Å². The first-order valence-electron chi connectivity index (χ1n) is 11.7. The molecule has 0 radical (unpaired) electrons. The third-order valence-corrected chi connectivity index (χ3v) is 7.15. The Morgan fingerprint density at radius 1 is 1.19 bits per heavy atom. The van der Waals surface area contributed by atoms with Gasteiger partial charge in [-0.1, -0.05) is 30.1 Å². The Hall–Kier alpha value is -3.20. The van der Waals surface area contributed by atoms with E-state index in [9.17, 15) is 14.7 Å². The minimum Gasteiger partial charge on any atom is -0.858 e. The predicted octanol–water partition coefficient (Wildman–Crippen LogP) is 3.33. The van der Waals surface area contributed by atoms with Crippen molar-refractivity contribution in [1.29, 1.82) is 0 Å². The van der Waals surface area contributed by atoms with Crippen molar-refractivity contribution in [3.8, 4) is 11.6 Å². The van der Waals surface area contributed by atoms with Crippen LogP contribution in [0.25, 0.3) is 17.0 Å². The second-order valence-corrected chi connectivity index (χ2v) is 9.67. The molecule has 10 heteroatoms. The Labute approximate surface area is 218 Å². The lowest BCUT2D eigenvalue weighted by Crippen LogP contribution is -2.42. The van der Waals surface area contributed by atoms with Gasteiger partial charge >= 0.3 is 5.91 Å². The molecule has 1 saturated heterocycles. The summed E-state index contributed by atoms with van der Waals surface area (Å²) in [4.78, 5) is 28.7. The Balaban J connectivity index is 1.70.